The summed E-state index contributed by atoms with van der Waals surface area (Å²) in [4.78, 5) is 15.6. The molecule has 1 N–H and O–H groups in total. The fraction of sp³-hybridized carbons (Fsp3) is 0. The Morgan fingerprint density at radius 1 is 0.864 bits per heavy atom. The van der Waals surface area contributed by atoms with Gasteiger partial charge in [0.1, 0.15) is 11.4 Å². The third kappa shape index (κ3) is 2.40. The summed E-state index contributed by atoms with van der Waals surface area (Å²) in [6.07, 6.45) is 7.04. The third-order valence-electron chi connectivity index (χ3n) is 3.34. The molecule has 106 valence electrons. The van der Waals surface area contributed by atoms with Crippen molar-refractivity contribution < 1.29 is 4.74 Å². The molecule has 0 spiro atoms. The smallest absolute Gasteiger partial charge is 0.321 e. The lowest BCUT2D eigenvalue weighted by Gasteiger charge is -2.05. The molecular formula is C17H12N4O. The molecule has 0 saturated carbocycles. The molecule has 0 saturated heterocycles. The van der Waals surface area contributed by atoms with Crippen LogP contribution in [0.2, 0.25) is 0 Å². The van der Waals surface area contributed by atoms with Gasteiger partial charge in [0, 0.05) is 35.7 Å². The van der Waals surface area contributed by atoms with Gasteiger partial charge >= 0.3 is 6.01 Å². The van der Waals surface area contributed by atoms with Crippen LogP contribution in [-0.2, 0) is 0 Å². The highest BCUT2D eigenvalue weighted by Gasteiger charge is 2.03. The molecule has 4 rings (SSSR count). The largest absolute Gasteiger partial charge is 0.424 e. The Morgan fingerprint density at radius 3 is 2.50 bits per heavy atom. The van der Waals surface area contributed by atoms with Gasteiger partial charge in [-0.3, -0.25) is 0 Å². The molecular weight excluding hydrogens is 276 g/mol. The second-order valence-electron chi connectivity index (χ2n) is 4.80. The summed E-state index contributed by atoms with van der Waals surface area (Å²) in [6.45, 7) is 0. The number of nitrogens with zero attached hydrogens (tertiary/aromatic N) is 3. The highest BCUT2D eigenvalue weighted by molar-refractivity contribution is 5.81. The number of benzene rings is 1. The number of ether oxygens (including phenoxy) is 1. The predicted molar refractivity (Wildman–Crippen MR) is 83.6 cm³/mol. The minimum Gasteiger partial charge on any atom is -0.424 e. The number of hydrogen-bond acceptors (Lipinski definition) is 4. The van der Waals surface area contributed by atoms with E-state index in [1.807, 2.05) is 42.7 Å². The molecule has 1 aromatic carbocycles. The highest BCUT2D eigenvalue weighted by Crippen LogP contribution is 2.25. The average Bonchev–Trinajstić information content (AvgIpc) is 3.04. The number of aromatic amines is 1. The third-order valence-corrected chi connectivity index (χ3v) is 3.34. The van der Waals surface area contributed by atoms with E-state index in [1.54, 1.807) is 18.5 Å². The van der Waals surface area contributed by atoms with Crippen LogP contribution >= 0.6 is 0 Å². The van der Waals surface area contributed by atoms with Gasteiger partial charge in [0.25, 0.3) is 0 Å². The number of H-pyrrole nitrogens is 1. The van der Waals surface area contributed by atoms with E-state index < -0.39 is 0 Å². The van der Waals surface area contributed by atoms with E-state index in [9.17, 15) is 0 Å². The van der Waals surface area contributed by atoms with Gasteiger partial charge in [0.05, 0.1) is 0 Å². The maximum Gasteiger partial charge on any atom is 0.321 e. The zero-order valence-corrected chi connectivity index (χ0v) is 11.6. The molecule has 3 aromatic heterocycles. The fourth-order valence-corrected chi connectivity index (χ4v) is 2.26. The van der Waals surface area contributed by atoms with Gasteiger partial charge in [0.2, 0.25) is 0 Å². The van der Waals surface area contributed by atoms with E-state index in [2.05, 4.69) is 26.0 Å². The molecule has 4 aromatic rings. The summed E-state index contributed by atoms with van der Waals surface area (Å²) in [7, 11) is 0. The Kier molecular flexibility index (Phi) is 3.01. The first-order valence-electron chi connectivity index (χ1n) is 6.87. The molecule has 5 heteroatoms. The van der Waals surface area contributed by atoms with Crippen LogP contribution in [0.4, 0.5) is 0 Å². The number of aromatic nitrogens is 4. The van der Waals surface area contributed by atoms with Crippen LogP contribution in [0.5, 0.6) is 11.8 Å². The van der Waals surface area contributed by atoms with E-state index in [4.69, 9.17) is 4.74 Å². The van der Waals surface area contributed by atoms with Crippen molar-refractivity contribution >= 4 is 11.0 Å². The van der Waals surface area contributed by atoms with Gasteiger partial charge in [0.15, 0.2) is 0 Å². The second kappa shape index (κ2) is 5.29. The van der Waals surface area contributed by atoms with Crippen molar-refractivity contribution in [3.05, 3.63) is 67.3 Å². The summed E-state index contributed by atoms with van der Waals surface area (Å²) in [5, 5.41) is 1.09. The normalized spacial score (nSPS) is 10.7. The molecule has 0 unspecified atom stereocenters. The molecule has 0 aliphatic carbocycles. The number of hydrogen-bond donors (Lipinski definition) is 1. The van der Waals surface area contributed by atoms with Crippen LogP contribution in [0.3, 0.4) is 0 Å². The first kappa shape index (κ1) is 12.5. The first-order chi connectivity index (χ1) is 10.9. The SMILES string of the molecule is c1cnc(Oc2ccc(-c3cnc4[nH]ccc4c3)cc2)nc1. The van der Waals surface area contributed by atoms with E-state index in [0.717, 1.165) is 22.2 Å². The minimum absolute atomic E-state index is 0.339. The van der Waals surface area contributed by atoms with Crippen molar-refractivity contribution in [1.82, 2.24) is 19.9 Å². The Labute approximate surface area is 126 Å². The van der Waals surface area contributed by atoms with Crippen LogP contribution < -0.4 is 4.74 Å². The fourth-order valence-electron chi connectivity index (χ4n) is 2.26. The van der Waals surface area contributed by atoms with E-state index in [-0.39, 0.29) is 0 Å². The average molecular weight is 288 g/mol. The summed E-state index contributed by atoms with van der Waals surface area (Å²) >= 11 is 0. The lowest BCUT2D eigenvalue weighted by Crippen LogP contribution is -1.90. The first-order valence-corrected chi connectivity index (χ1v) is 6.87. The standard InChI is InChI=1S/C17H12N4O/c1-7-19-17(20-8-1)22-15-4-2-12(3-5-15)14-10-13-6-9-18-16(13)21-11-14/h1-11H,(H,18,21). The lowest BCUT2D eigenvalue weighted by atomic mass is 10.1. The topological polar surface area (TPSA) is 63.7 Å². The van der Waals surface area contributed by atoms with E-state index in [1.165, 1.54) is 0 Å². The van der Waals surface area contributed by atoms with Crippen molar-refractivity contribution in [3.63, 3.8) is 0 Å². The lowest BCUT2D eigenvalue weighted by molar-refractivity contribution is 0.442. The van der Waals surface area contributed by atoms with Crippen molar-refractivity contribution in [1.29, 1.82) is 0 Å². The number of pyridine rings is 1. The van der Waals surface area contributed by atoms with Crippen LogP contribution in [0.1, 0.15) is 0 Å². The molecule has 5 nitrogen and oxygen atoms in total. The van der Waals surface area contributed by atoms with Crippen LogP contribution in [-0.4, -0.2) is 19.9 Å². The number of nitrogens with one attached hydrogen (secondary N) is 1. The van der Waals surface area contributed by atoms with Crippen LogP contribution in [0.25, 0.3) is 22.2 Å². The van der Waals surface area contributed by atoms with Crippen molar-refractivity contribution in [2.24, 2.45) is 0 Å². The maximum absolute atomic E-state index is 5.58. The van der Waals surface area contributed by atoms with Crippen molar-refractivity contribution in [2.45, 2.75) is 0 Å². The quantitative estimate of drug-likeness (QED) is 0.622. The monoisotopic (exact) mass is 288 g/mol. The van der Waals surface area contributed by atoms with Gasteiger partial charge in [-0.25, -0.2) is 15.0 Å². The molecule has 0 aliphatic heterocycles. The Hall–Kier alpha value is -3.21. The zero-order chi connectivity index (χ0) is 14.8. The zero-order valence-electron chi connectivity index (χ0n) is 11.6. The molecule has 0 bridgehead atoms. The molecule has 0 fully saturated rings. The Morgan fingerprint density at radius 2 is 1.68 bits per heavy atom. The maximum atomic E-state index is 5.58. The molecule has 22 heavy (non-hydrogen) atoms. The van der Waals surface area contributed by atoms with Crippen LogP contribution in [0, 0.1) is 0 Å². The minimum atomic E-state index is 0.339. The summed E-state index contributed by atoms with van der Waals surface area (Å²) in [5.74, 6) is 0.700. The molecule has 0 radical (unpaired) electrons. The highest BCUT2D eigenvalue weighted by atomic mass is 16.5. The number of rotatable bonds is 3. The van der Waals surface area contributed by atoms with Gasteiger partial charge in [-0.2, -0.15) is 0 Å². The van der Waals surface area contributed by atoms with Gasteiger partial charge < -0.3 is 9.72 Å². The predicted octanol–water partition coefficient (Wildman–Crippen LogP) is 3.81. The Bertz CT molecular complexity index is 901. The van der Waals surface area contributed by atoms with E-state index in [0.29, 0.717) is 11.8 Å². The van der Waals surface area contributed by atoms with E-state index >= 15 is 0 Å². The second-order valence-corrected chi connectivity index (χ2v) is 4.80. The van der Waals surface area contributed by atoms with Crippen molar-refractivity contribution in [3.8, 4) is 22.9 Å². The van der Waals surface area contributed by atoms with Gasteiger partial charge in [-0.05, 0) is 35.9 Å². The van der Waals surface area contributed by atoms with Crippen LogP contribution in [0.15, 0.2) is 67.3 Å². The van der Waals surface area contributed by atoms with Gasteiger partial charge in [-0.15, -0.1) is 0 Å². The molecule has 0 aliphatic rings. The van der Waals surface area contributed by atoms with Gasteiger partial charge in [-0.1, -0.05) is 12.1 Å². The molecule has 3 heterocycles. The number of fused-ring (bicyclic) bond motifs is 1. The summed E-state index contributed by atoms with van der Waals surface area (Å²) in [5.41, 5.74) is 3.04. The molecule has 0 amide bonds. The summed E-state index contributed by atoms with van der Waals surface area (Å²) < 4.78 is 5.58. The van der Waals surface area contributed by atoms with Crippen molar-refractivity contribution in [2.75, 3.05) is 0 Å². The Balaban J connectivity index is 1.61. The summed E-state index contributed by atoms with van der Waals surface area (Å²) in [6, 6.07) is 14.0. The molecule has 0 atom stereocenters.